The van der Waals surface area contributed by atoms with E-state index in [1.54, 1.807) is 18.2 Å². The normalized spacial score (nSPS) is 13.8. The number of nitrogens with zero attached hydrogens (tertiary/aromatic N) is 1. The number of carbonyl (C=O) groups is 1. The van der Waals surface area contributed by atoms with Gasteiger partial charge in [-0.1, -0.05) is 23.2 Å². The van der Waals surface area contributed by atoms with Gasteiger partial charge in [-0.2, -0.15) is 5.26 Å². The number of halogens is 2. The van der Waals surface area contributed by atoms with Gasteiger partial charge < -0.3 is 14.8 Å². The van der Waals surface area contributed by atoms with Crippen molar-refractivity contribution < 1.29 is 14.3 Å². The van der Waals surface area contributed by atoms with Gasteiger partial charge in [-0.3, -0.25) is 4.79 Å². The van der Waals surface area contributed by atoms with Gasteiger partial charge in [0.25, 0.3) is 5.91 Å². The predicted octanol–water partition coefficient (Wildman–Crippen LogP) is 5.84. The van der Waals surface area contributed by atoms with Crippen molar-refractivity contribution in [1.82, 2.24) is 0 Å². The number of ether oxygens (including phenoxy) is 2. The van der Waals surface area contributed by atoms with Gasteiger partial charge in [0, 0.05) is 5.56 Å². The zero-order valence-corrected chi connectivity index (χ0v) is 16.9. The highest BCUT2D eigenvalue weighted by molar-refractivity contribution is 6.40. The van der Waals surface area contributed by atoms with Crippen LogP contribution in [0, 0.1) is 11.3 Å². The highest BCUT2D eigenvalue weighted by Crippen LogP contribution is 2.35. The van der Waals surface area contributed by atoms with Gasteiger partial charge in [0.1, 0.15) is 0 Å². The van der Waals surface area contributed by atoms with Crippen LogP contribution in [0.3, 0.4) is 0 Å². The van der Waals surface area contributed by atoms with Crippen LogP contribution in [0.1, 0.15) is 48.5 Å². The Morgan fingerprint density at radius 2 is 1.86 bits per heavy atom. The molecule has 1 aliphatic rings. The summed E-state index contributed by atoms with van der Waals surface area (Å²) in [5.74, 6) is 0.784. The first-order chi connectivity index (χ1) is 13.5. The second-order valence-corrected chi connectivity index (χ2v) is 7.31. The van der Waals surface area contributed by atoms with Gasteiger partial charge >= 0.3 is 0 Å². The van der Waals surface area contributed by atoms with Crippen LogP contribution in [0.4, 0.5) is 5.69 Å². The van der Waals surface area contributed by atoms with Gasteiger partial charge in [-0.25, -0.2) is 0 Å². The topological polar surface area (TPSA) is 71.3 Å². The van der Waals surface area contributed by atoms with E-state index in [1.165, 1.54) is 12.1 Å². The Bertz CT molecular complexity index is 895. The third-order valence-corrected chi connectivity index (χ3v) is 5.11. The molecule has 0 radical (unpaired) electrons. The number of benzene rings is 2. The summed E-state index contributed by atoms with van der Waals surface area (Å²) in [7, 11) is 0. The lowest BCUT2D eigenvalue weighted by atomic mass is 10.1. The number of amides is 1. The summed E-state index contributed by atoms with van der Waals surface area (Å²) in [6.45, 7) is 2.40. The zero-order chi connectivity index (χ0) is 20.1. The Kier molecular flexibility index (Phi) is 6.66. The summed E-state index contributed by atoms with van der Waals surface area (Å²) >= 11 is 12.3. The first-order valence-electron chi connectivity index (χ1n) is 9.15. The molecule has 28 heavy (non-hydrogen) atoms. The summed E-state index contributed by atoms with van der Waals surface area (Å²) in [5.41, 5.74) is 0.980. The Labute approximate surface area is 174 Å². The van der Waals surface area contributed by atoms with E-state index < -0.39 is 0 Å². The zero-order valence-electron chi connectivity index (χ0n) is 15.4. The van der Waals surface area contributed by atoms with Crippen molar-refractivity contribution in [2.45, 2.75) is 38.7 Å². The van der Waals surface area contributed by atoms with Crippen LogP contribution in [0.25, 0.3) is 0 Å². The quantitative estimate of drug-likeness (QED) is 0.639. The average molecular weight is 419 g/mol. The molecule has 0 unspecified atom stereocenters. The van der Waals surface area contributed by atoms with E-state index in [0.717, 1.165) is 25.7 Å². The molecule has 1 amide bonds. The molecule has 3 rings (SSSR count). The molecule has 146 valence electrons. The van der Waals surface area contributed by atoms with E-state index >= 15 is 0 Å². The Morgan fingerprint density at radius 3 is 2.46 bits per heavy atom. The minimum Gasteiger partial charge on any atom is -0.490 e. The maximum absolute atomic E-state index is 12.7. The summed E-state index contributed by atoms with van der Waals surface area (Å²) in [4.78, 5) is 12.7. The van der Waals surface area contributed by atoms with Crippen LogP contribution >= 0.6 is 23.2 Å². The fourth-order valence-electron chi connectivity index (χ4n) is 3.14. The molecule has 0 spiro atoms. The Morgan fingerprint density at radius 1 is 1.18 bits per heavy atom. The maximum atomic E-state index is 12.7. The molecule has 0 atom stereocenters. The number of hydrogen-bond donors (Lipinski definition) is 1. The molecule has 0 heterocycles. The van der Waals surface area contributed by atoms with Gasteiger partial charge in [-0.05, 0) is 62.9 Å². The predicted molar refractivity (Wildman–Crippen MR) is 110 cm³/mol. The second-order valence-electron chi connectivity index (χ2n) is 6.50. The van der Waals surface area contributed by atoms with Crippen LogP contribution in [0.15, 0.2) is 30.3 Å². The number of hydrogen-bond acceptors (Lipinski definition) is 4. The molecule has 0 bridgehead atoms. The lowest BCUT2D eigenvalue weighted by molar-refractivity contribution is 0.102. The fraction of sp³-hybridized carbons (Fsp3) is 0.333. The number of nitriles is 1. The third kappa shape index (κ3) is 4.70. The number of nitrogens with one attached hydrogen (secondary N) is 1. The third-order valence-electron chi connectivity index (χ3n) is 4.51. The summed E-state index contributed by atoms with van der Waals surface area (Å²) in [6, 6.07) is 9.93. The van der Waals surface area contributed by atoms with Crippen LogP contribution in [-0.4, -0.2) is 18.6 Å². The van der Waals surface area contributed by atoms with Crippen LogP contribution in [0.2, 0.25) is 10.0 Å². The highest BCUT2D eigenvalue weighted by Gasteiger charge is 2.20. The van der Waals surface area contributed by atoms with E-state index in [2.05, 4.69) is 5.32 Å². The molecule has 5 nitrogen and oxygen atoms in total. The van der Waals surface area contributed by atoms with Crippen molar-refractivity contribution in [3.63, 3.8) is 0 Å². The van der Waals surface area contributed by atoms with E-state index in [1.807, 2.05) is 13.0 Å². The SMILES string of the molecule is CCOc1ccc(C(=O)Nc2c(Cl)cc(C#N)cc2Cl)cc1OC1CCCC1. The van der Waals surface area contributed by atoms with Crippen LogP contribution < -0.4 is 14.8 Å². The molecule has 1 N–H and O–H groups in total. The molecule has 0 aromatic heterocycles. The van der Waals surface area contributed by atoms with Crippen LogP contribution in [-0.2, 0) is 0 Å². The van der Waals surface area contributed by atoms with Crippen LogP contribution in [0.5, 0.6) is 11.5 Å². The molecule has 1 aliphatic carbocycles. The fourth-order valence-corrected chi connectivity index (χ4v) is 3.73. The summed E-state index contributed by atoms with van der Waals surface area (Å²) < 4.78 is 11.7. The molecule has 7 heteroatoms. The smallest absolute Gasteiger partial charge is 0.255 e. The van der Waals surface area contributed by atoms with E-state index in [4.69, 9.17) is 37.9 Å². The van der Waals surface area contributed by atoms with Crippen molar-refractivity contribution in [2.24, 2.45) is 0 Å². The van der Waals surface area contributed by atoms with Gasteiger partial charge in [0.2, 0.25) is 0 Å². The minimum absolute atomic E-state index is 0.139. The van der Waals surface area contributed by atoms with Crippen molar-refractivity contribution in [1.29, 1.82) is 5.26 Å². The standard InChI is InChI=1S/C21H20Cl2N2O3/c1-2-27-18-8-7-14(11-19(18)28-15-5-3-4-6-15)21(26)25-20-16(22)9-13(12-24)10-17(20)23/h7-11,15H,2-6H2,1H3,(H,25,26). The molecule has 2 aromatic carbocycles. The highest BCUT2D eigenvalue weighted by atomic mass is 35.5. The largest absolute Gasteiger partial charge is 0.490 e. The van der Waals surface area contributed by atoms with Gasteiger partial charge in [0.15, 0.2) is 11.5 Å². The molecule has 0 aliphatic heterocycles. The monoisotopic (exact) mass is 418 g/mol. The van der Waals surface area contributed by atoms with E-state index in [-0.39, 0.29) is 27.7 Å². The lowest BCUT2D eigenvalue weighted by Gasteiger charge is -2.17. The van der Waals surface area contributed by atoms with Crippen molar-refractivity contribution in [3.8, 4) is 17.6 Å². The van der Waals surface area contributed by atoms with Gasteiger partial charge in [-0.15, -0.1) is 0 Å². The van der Waals surface area contributed by atoms with E-state index in [0.29, 0.717) is 29.2 Å². The summed E-state index contributed by atoms with van der Waals surface area (Å²) in [5, 5.41) is 12.1. The van der Waals surface area contributed by atoms with Crippen molar-refractivity contribution in [2.75, 3.05) is 11.9 Å². The first kappa shape index (κ1) is 20.3. The molecular weight excluding hydrogens is 399 g/mol. The first-order valence-corrected chi connectivity index (χ1v) is 9.91. The lowest BCUT2D eigenvalue weighted by Crippen LogP contribution is -2.15. The number of carbonyl (C=O) groups excluding carboxylic acids is 1. The van der Waals surface area contributed by atoms with Crippen molar-refractivity contribution in [3.05, 3.63) is 51.5 Å². The van der Waals surface area contributed by atoms with E-state index in [9.17, 15) is 4.79 Å². The second kappa shape index (κ2) is 9.18. The number of rotatable bonds is 6. The molecule has 1 saturated carbocycles. The Hall–Kier alpha value is -2.42. The minimum atomic E-state index is -0.382. The summed E-state index contributed by atoms with van der Waals surface area (Å²) in [6.07, 6.45) is 4.42. The van der Waals surface area contributed by atoms with Crippen molar-refractivity contribution >= 4 is 34.8 Å². The van der Waals surface area contributed by atoms with Gasteiger partial charge in [0.05, 0.1) is 40.1 Å². The molecule has 1 fully saturated rings. The molecule has 2 aromatic rings. The molecule has 0 saturated heterocycles. The average Bonchev–Trinajstić information content (AvgIpc) is 3.19. The molecular formula is C21H20Cl2N2O3. The maximum Gasteiger partial charge on any atom is 0.255 e. The number of anilines is 1. The Balaban J connectivity index is 1.84.